The summed E-state index contributed by atoms with van der Waals surface area (Å²) in [4.78, 5) is 17.1. The van der Waals surface area contributed by atoms with Crippen LogP contribution in [0.15, 0.2) is 35.3 Å². The number of aliphatic hydroxyl groups excluding tert-OH is 1. The van der Waals surface area contributed by atoms with Crippen LogP contribution in [0.2, 0.25) is 0 Å². The van der Waals surface area contributed by atoms with Crippen LogP contribution < -0.4 is 16.0 Å². The first-order valence-corrected chi connectivity index (χ1v) is 9.60. The molecule has 0 fully saturated rings. The second kappa shape index (κ2) is 9.00. The average molecular weight is 377 g/mol. The Morgan fingerprint density at radius 2 is 2.00 bits per heavy atom. The monoisotopic (exact) mass is 376 g/mol. The van der Waals surface area contributed by atoms with Crippen molar-refractivity contribution >= 4 is 33.3 Å². The highest BCUT2D eigenvalue weighted by atomic mass is 32.1. The van der Waals surface area contributed by atoms with Crippen LogP contribution in [0.5, 0.6) is 0 Å². The summed E-state index contributed by atoms with van der Waals surface area (Å²) >= 11 is 1.58. The van der Waals surface area contributed by atoms with Crippen molar-refractivity contribution in [3.05, 3.63) is 35.2 Å². The van der Waals surface area contributed by atoms with Crippen molar-refractivity contribution in [1.82, 2.24) is 16.0 Å². The minimum absolute atomic E-state index is 0.0333. The lowest BCUT2D eigenvalue weighted by molar-refractivity contribution is -0.121. The third-order valence-corrected chi connectivity index (χ3v) is 4.69. The molecule has 0 radical (unpaired) electrons. The molecule has 1 aromatic heterocycles. The Hall–Kier alpha value is -2.12. The molecule has 1 heterocycles. The number of carbonyl (C=O) groups is 1. The number of hydrogen-bond donors (Lipinski definition) is 4. The van der Waals surface area contributed by atoms with Crippen molar-refractivity contribution in [3.8, 4) is 0 Å². The van der Waals surface area contributed by atoms with Crippen LogP contribution in [-0.2, 0) is 4.79 Å². The lowest BCUT2D eigenvalue weighted by Gasteiger charge is -2.20. The fourth-order valence-electron chi connectivity index (χ4n) is 2.41. The van der Waals surface area contributed by atoms with Crippen LogP contribution in [0, 0.1) is 0 Å². The molecule has 6 nitrogen and oxygen atoms in total. The predicted octanol–water partition coefficient (Wildman–Crippen LogP) is 2.40. The Kier molecular flexibility index (Phi) is 6.99. The lowest BCUT2D eigenvalue weighted by atomic mass is 10.1. The van der Waals surface area contributed by atoms with Crippen molar-refractivity contribution < 1.29 is 9.90 Å². The minimum Gasteiger partial charge on any atom is -0.386 e. The number of aliphatic imine (C=N–C) groups is 1. The van der Waals surface area contributed by atoms with Crippen LogP contribution in [-0.4, -0.2) is 42.1 Å². The predicted molar refractivity (Wildman–Crippen MR) is 109 cm³/mol. The van der Waals surface area contributed by atoms with E-state index < -0.39 is 6.10 Å². The molecule has 1 aromatic carbocycles. The third kappa shape index (κ3) is 6.31. The summed E-state index contributed by atoms with van der Waals surface area (Å²) in [5, 5.41) is 20.6. The molecule has 2 aromatic rings. The van der Waals surface area contributed by atoms with Gasteiger partial charge in [-0.25, -0.2) is 4.99 Å². The smallest absolute Gasteiger partial charge is 0.242 e. The van der Waals surface area contributed by atoms with E-state index >= 15 is 0 Å². The highest BCUT2D eigenvalue weighted by Gasteiger charge is 2.14. The molecule has 1 unspecified atom stereocenters. The average Bonchev–Trinajstić information content (AvgIpc) is 2.99. The molecule has 26 heavy (non-hydrogen) atoms. The molecule has 142 valence electrons. The maximum atomic E-state index is 11.9. The van der Waals surface area contributed by atoms with Crippen molar-refractivity contribution in [2.45, 2.75) is 39.3 Å². The summed E-state index contributed by atoms with van der Waals surface area (Å²) in [6, 6.07) is 10.1. The number of fused-ring (bicyclic) bond motifs is 1. The third-order valence-electron chi connectivity index (χ3n) is 3.48. The van der Waals surface area contributed by atoms with E-state index in [-0.39, 0.29) is 18.0 Å². The van der Waals surface area contributed by atoms with E-state index in [4.69, 9.17) is 0 Å². The molecular weight excluding hydrogens is 348 g/mol. The van der Waals surface area contributed by atoms with Gasteiger partial charge in [0.05, 0.1) is 0 Å². The standard InChI is InChI=1S/C19H28N4O2S/c1-5-20-18(22-12-17(25)23-19(2,3)4)21-11-14(24)16-10-13-8-6-7-9-15(13)26-16/h6-10,14,24H,5,11-12H2,1-4H3,(H,23,25)(H2,20,21,22). The van der Waals surface area contributed by atoms with Crippen LogP contribution in [0.25, 0.3) is 10.1 Å². The Balaban J connectivity index is 1.94. The van der Waals surface area contributed by atoms with Gasteiger partial charge in [0.2, 0.25) is 5.91 Å². The van der Waals surface area contributed by atoms with Gasteiger partial charge in [-0.15, -0.1) is 11.3 Å². The van der Waals surface area contributed by atoms with E-state index in [1.54, 1.807) is 11.3 Å². The molecule has 0 saturated carbocycles. The molecule has 7 heteroatoms. The number of carbonyl (C=O) groups excluding carboxylic acids is 1. The van der Waals surface area contributed by atoms with E-state index in [1.165, 1.54) is 0 Å². The Labute approximate surface area is 158 Å². The minimum atomic E-state index is -0.639. The number of rotatable bonds is 6. The molecule has 0 aliphatic carbocycles. The highest BCUT2D eigenvalue weighted by Crippen LogP contribution is 2.29. The second-order valence-electron chi connectivity index (χ2n) is 7.08. The first-order chi connectivity index (χ1) is 12.3. The summed E-state index contributed by atoms with van der Waals surface area (Å²) in [6.45, 7) is 8.77. The van der Waals surface area contributed by atoms with Crippen LogP contribution >= 0.6 is 11.3 Å². The van der Waals surface area contributed by atoms with E-state index in [2.05, 4.69) is 20.9 Å². The van der Waals surface area contributed by atoms with Crippen molar-refractivity contribution in [1.29, 1.82) is 0 Å². The largest absolute Gasteiger partial charge is 0.386 e. The molecule has 0 saturated heterocycles. The highest BCUT2D eigenvalue weighted by molar-refractivity contribution is 7.19. The molecule has 0 aliphatic heterocycles. The maximum absolute atomic E-state index is 11.9. The van der Waals surface area contributed by atoms with Gasteiger partial charge in [-0.1, -0.05) is 18.2 Å². The Bertz CT molecular complexity index is 731. The first kappa shape index (κ1) is 20.2. The number of hydrogen-bond acceptors (Lipinski definition) is 4. The van der Waals surface area contributed by atoms with Crippen LogP contribution in [0.4, 0.5) is 0 Å². The number of nitrogens with one attached hydrogen (secondary N) is 3. The van der Waals surface area contributed by atoms with Crippen LogP contribution in [0.1, 0.15) is 38.7 Å². The normalized spacial score (nSPS) is 13.5. The van der Waals surface area contributed by atoms with Gasteiger partial charge in [0.1, 0.15) is 12.6 Å². The molecule has 1 amide bonds. The van der Waals surface area contributed by atoms with Crippen molar-refractivity contribution in [2.24, 2.45) is 4.99 Å². The van der Waals surface area contributed by atoms with E-state index in [0.29, 0.717) is 19.0 Å². The lowest BCUT2D eigenvalue weighted by Crippen LogP contribution is -2.43. The van der Waals surface area contributed by atoms with Gasteiger partial charge in [-0.05, 0) is 45.2 Å². The SMILES string of the molecule is CCNC(=NCC(=O)NC(C)(C)C)NCC(O)c1cc2ccccc2s1. The molecule has 0 spiro atoms. The quantitative estimate of drug-likeness (QED) is 0.461. The number of aliphatic hydroxyl groups is 1. The topological polar surface area (TPSA) is 85.8 Å². The zero-order valence-electron chi connectivity index (χ0n) is 15.8. The molecule has 0 bridgehead atoms. The number of thiophene rings is 1. The maximum Gasteiger partial charge on any atom is 0.242 e. The van der Waals surface area contributed by atoms with Gasteiger partial charge in [-0.3, -0.25) is 4.79 Å². The molecule has 0 aliphatic rings. The van der Waals surface area contributed by atoms with E-state index in [1.807, 2.05) is 58.0 Å². The summed E-state index contributed by atoms with van der Waals surface area (Å²) in [7, 11) is 0. The number of amides is 1. The number of guanidine groups is 1. The summed E-state index contributed by atoms with van der Waals surface area (Å²) < 4.78 is 1.15. The zero-order chi connectivity index (χ0) is 19.2. The van der Waals surface area contributed by atoms with E-state index in [9.17, 15) is 9.90 Å². The second-order valence-corrected chi connectivity index (χ2v) is 8.19. The van der Waals surface area contributed by atoms with E-state index in [0.717, 1.165) is 15.0 Å². The zero-order valence-corrected chi connectivity index (χ0v) is 16.6. The van der Waals surface area contributed by atoms with Gasteiger partial charge in [0, 0.05) is 28.2 Å². The molecule has 4 N–H and O–H groups in total. The van der Waals surface area contributed by atoms with Crippen LogP contribution in [0.3, 0.4) is 0 Å². The summed E-state index contributed by atoms with van der Waals surface area (Å²) in [5.41, 5.74) is -0.282. The fourth-order valence-corrected chi connectivity index (χ4v) is 3.46. The Morgan fingerprint density at radius 1 is 1.27 bits per heavy atom. The van der Waals surface area contributed by atoms with Gasteiger partial charge in [0.25, 0.3) is 0 Å². The van der Waals surface area contributed by atoms with Gasteiger partial charge in [-0.2, -0.15) is 0 Å². The molecule has 1 atom stereocenters. The summed E-state index contributed by atoms with van der Waals surface area (Å²) in [5.74, 6) is 0.372. The Morgan fingerprint density at radius 3 is 2.65 bits per heavy atom. The van der Waals surface area contributed by atoms with Gasteiger partial charge < -0.3 is 21.1 Å². The fraction of sp³-hybridized carbons (Fsp3) is 0.474. The number of nitrogens with zero attached hydrogens (tertiary/aromatic N) is 1. The van der Waals surface area contributed by atoms with Gasteiger partial charge >= 0.3 is 0 Å². The van der Waals surface area contributed by atoms with Crippen molar-refractivity contribution in [2.75, 3.05) is 19.6 Å². The number of benzene rings is 1. The first-order valence-electron chi connectivity index (χ1n) is 8.78. The summed E-state index contributed by atoms with van der Waals surface area (Å²) in [6.07, 6.45) is -0.639. The van der Waals surface area contributed by atoms with Gasteiger partial charge in [0.15, 0.2) is 5.96 Å². The van der Waals surface area contributed by atoms with Crippen molar-refractivity contribution in [3.63, 3.8) is 0 Å². The molecular formula is C19H28N4O2S. The molecule has 2 rings (SSSR count).